The van der Waals surface area contributed by atoms with Crippen LogP contribution >= 0.6 is 0 Å². The second-order valence-electron chi connectivity index (χ2n) is 5.47. The molecule has 1 aromatic heterocycles. The Morgan fingerprint density at radius 1 is 1.12 bits per heavy atom. The minimum atomic E-state index is -4.61. The fraction of sp³-hybridized carbons (Fsp3) is 0.111. The van der Waals surface area contributed by atoms with Crippen molar-refractivity contribution in [2.45, 2.75) is 13.1 Å². The van der Waals surface area contributed by atoms with Crippen LogP contribution in [0.2, 0.25) is 0 Å². The van der Waals surface area contributed by atoms with Gasteiger partial charge in [0.25, 0.3) is 5.91 Å². The predicted octanol–water partition coefficient (Wildman–Crippen LogP) is 4.52. The number of fused-ring (bicyclic) bond motifs is 1. The lowest BCUT2D eigenvalue weighted by Crippen LogP contribution is -2.17. The summed E-state index contributed by atoms with van der Waals surface area (Å²) in [5.41, 5.74) is -0.485. The van der Waals surface area contributed by atoms with E-state index >= 15 is 0 Å². The topological polar surface area (TPSA) is 62.2 Å². The Labute approximate surface area is 140 Å². The Hall–Kier alpha value is -3.09. The first-order valence-corrected chi connectivity index (χ1v) is 7.34. The number of anilines is 1. The lowest BCUT2D eigenvalue weighted by Gasteiger charge is -2.13. The van der Waals surface area contributed by atoms with Gasteiger partial charge in [0.05, 0.1) is 11.1 Å². The molecule has 0 aliphatic rings. The van der Waals surface area contributed by atoms with Crippen molar-refractivity contribution >= 4 is 22.5 Å². The fourth-order valence-corrected chi connectivity index (χ4v) is 2.47. The van der Waals surface area contributed by atoms with Crippen molar-refractivity contribution < 1.29 is 23.1 Å². The SMILES string of the molecule is Cc1c(O)cccc1NC(=O)c1cc(C(F)(F)F)c2ccccc2n1. The quantitative estimate of drug-likeness (QED) is 0.717. The number of hydrogen-bond donors (Lipinski definition) is 2. The first kappa shape index (κ1) is 16.8. The maximum absolute atomic E-state index is 13.3. The summed E-state index contributed by atoms with van der Waals surface area (Å²) in [4.78, 5) is 16.4. The van der Waals surface area contributed by atoms with Gasteiger partial charge in [-0.15, -0.1) is 0 Å². The number of nitrogens with one attached hydrogen (secondary N) is 1. The number of carbonyl (C=O) groups is 1. The van der Waals surface area contributed by atoms with Gasteiger partial charge in [-0.3, -0.25) is 4.79 Å². The number of phenols is 1. The van der Waals surface area contributed by atoms with E-state index in [9.17, 15) is 23.1 Å². The first-order chi connectivity index (χ1) is 11.8. The zero-order chi connectivity index (χ0) is 18.2. The average Bonchev–Trinajstić information content (AvgIpc) is 2.57. The molecule has 0 bridgehead atoms. The van der Waals surface area contributed by atoms with E-state index in [1.165, 1.54) is 30.3 Å². The third kappa shape index (κ3) is 3.26. The standard InChI is InChI=1S/C18H13F3N2O2/c1-10-13(7-4-8-16(10)24)23-17(25)15-9-12(18(19,20)21)11-5-2-3-6-14(11)22-15/h2-9,24H,1H3,(H,23,25). The van der Waals surface area contributed by atoms with Crippen LogP contribution in [0.3, 0.4) is 0 Å². The van der Waals surface area contributed by atoms with E-state index in [1.54, 1.807) is 19.1 Å². The number of benzene rings is 2. The van der Waals surface area contributed by atoms with E-state index in [0.29, 0.717) is 11.3 Å². The van der Waals surface area contributed by atoms with Gasteiger partial charge in [-0.05, 0) is 31.2 Å². The fourth-order valence-electron chi connectivity index (χ4n) is 2.47. The molecule has 7 heteroatoms. The molecule has 2 aromatic carbocycles. The summed E-state index contributed by atoms with van der Waals surface area (Å²) < 4.78 is 39.9. The third-order valence-electron chi connectivity index (χ3n) is 3.81. The Bertz CT molecular complexity index is 968. The van der Waals surface area contributed by atoms with Crippen LogP contribution in [-0.4, -0.2) is 16.0 Å². The normalized spacial score (nSPS) is 11.5. The molecule has 4 nitrogen and oxygen atoms in total. The van der Waals surface area contributed by atoms with Gasteiger partial charge in [-0.25, -0.2) is 4.98 Å². The zero-order valence-electron chi connectivity index (χ0n) is 13.1. The van der Waals surface area contributed by atoms with Gasteiger partial charge in [-0.2, -0.15) is 13.2 Å². The van der Waals surface area contributed by atoms with Gasteiger partial charge < -0.3 is 10.4 Å². The lowest BCUT2D eigenvalue weighted by atomic mass is 10.1. The van der Waals surface area contributed by atoms with E-state index in [-0.39, 0.29) is 22.3 Å². The molecule has 3 aromatic rings. The number of hydrogen-bond acceptors (Lipinski definition) is 3. The summed E-state index contributed by atoms with van der Waals surface area (Å²) in [6.45, 7) is 1.58. The van der Waals surface area contributed by atoms with Crippen molar-refractivity contribution in [2.75, 3.05) is 5.32 Å². The molecule has 1 amide bonds. The summed E-state index contributed by atoms with van der Waals surface area (Å²) in [5, 5.41) is 12.1. The molecule has 0 radical (unpaired) electrons. The van der Waals surface area contributed by atoms with Gasteiger partial charge in [0.2, 0.25) is 0 Å². The Balaban J connectivity index is 2.06. The van der Waals surface area contributed by atoms with Crippen molar-refractivity contribution in [3.8, 4) is 5.75 Å². The molecule has 3 rings (SSSR count). The van der Waals surface area contributed by atoms with E-state index in [4.69, 9.17) is 0 Å². The molecule has 0 saturated carbocycles. The van der Waals surface area contributed by atoms with Crippen molar-refractivity contribution in [1.82, 2.24) is 4.98 Å². The summed E-state index contributed by atoms with van der Waals surface area (Å²) in [5.74, 6) is -0.815. The molecule has 0 spiro atoms. The minimum absolute atomic E-state index is 0.0275. The Morgan fingerprint density at radius 2 is 1.84 bits per heavy atom. The number of alkyl halides is 3. The maximum Gasteiger partial charge on any atom is 0.417 e. The number of aromatic hydroxyl groups is 1. The third-order valence-corrected chi connectivity index (χ3v) is 3.81. The van der Waals surface area contributed by atoms with E-state index in [2.05, 4.69) is 10.3 Å². The van der Waals surface area contributed by atoms with Gasteiger partial charge in [-0.1, -0.05) is 24.3 Å². The zero-order valence-corrected chi connectivity index (χ0v) is 13.1. The Morgan fingerprint density at radius 3 is 2.56 bits per heavy atom. The number of pyridine rings is 1. The van der Waals surface area contributed by atoms with Gasteiger partial charge >= 0.3 is 6.18 Å². The minimum Gasteiger partial charge on any atom is -0.508 e. The Kier molecular flexibility index (Phi) is 4.08. The number of nitrogens with zero attached hydrogens (tertiary/aromatic N) is 1. The van der Waals surface area contributed by atoms with Gasteiger partial charge in [0, 0.05) is 16.6 Å². The van der Waals surface area contributed by atoms with Crippen molar-refractivity contribution in [1.29, 1.82) is 0 Å². The molecular formula is C18H13F3N2O2. The summed E-state index contributed by atoms with van der Waals surface area (Å²) in [7, 11) is 0. The van der Waals surface area contributed by atoms with Gasteiger partial charge in [0.1, 0.15) is 11.4 Å². The number of carbonyl (C=O) groups excluding carboxylic acids is 1. The molecule has 0 aliphatic heterocycles. The summed E-state index contributed by atoms with van der Waals surface area (Å²) in [6.07, 6.45) is -4.61. The van der Waals surface area contributed by atoms with Crippen LogP contribution in [0.1, 0.15) is 21.6 Å². The van der Waals surface area contributed by atoms with Crippen molar-refractivity contribution in [2.24, 2.45) is 0 Å². The van der Waals surface area contributed by atoms with E-state index in [1.807, 2.05) is 0 Å². The number of halogens is 3. The van der Waals surface area contributed by atoms with Crippen molar-refractivity contribution in [3.05, 3.63) is 65.4 Å². The van der Waals surface area contributed by atoms with Crippen molar-refractivity contribution in [3.63, 3.8) is 0 Å². The monoisotopic (exact) mass is 346 g/mol. The van der Waals surface area contributed by atoms with E-state index < -0.39 is 17.6 Å². The molecule has 0 aliphatic carbocycles. The number of phenolic OH excluding ortho intramolecular Hbond substituents is 1. The van der Waals surface area contributed by atoms with Crippen LogP contribution in [-0.2, 0) is 6.18 Å². The highest BCUT2D eigenvalue weighted by molar-refractivity contribution is 6.05. The molecule has 128 valence electrons. The highest BCUT2D eigenvalue weighted by Gasteiger charge is 2.34. The molecular weight excluding hydrogens is 333 g/mol. The highest BCUT2D eigenvalue weighted by Crippen LogP contribution is 2.35. The van der Waals surface area contributed by atoms with Crippen LogP contribution in [0.5, 0.6) is 5.75 Å². The number of rotatable bonds is 2. The van der Waals surface area contributed by atoms with Crippen LogP contribution in [0.4, 0.5) is 18.9 Å². The lowest BCUT2D eigenvalue weighted by molar-refractivity contribution is -0.136. The number of para-hydroxylation sites is 1. The molecule has 0 saturated heterocycles. The molecule has 0 atom stereocenters. The van der Waals surface area contributed by atoms with Crippen LogP contribution in [0.15, 0.2) is 48.5 Å². The average molecular weight is 346 g/mol. The second kappa shape index (κ2) is 6.08. The van der Waals surface area contributed by atoms with Crippen LogP contribution < -0.4 is 5.32 Å². The summed E-state index contributed by atoms with van der Waals surface area (Å²) >= 11 is 0. The first-order valence-electron chi connectivity index (χ1n) is 7.34. The largest absolute Gasteiger partial charge is 0.508 e. The number of amides is 1. The molecule has 25 heavy (non-hydrogen) atoms. The molecule has 0 unspecified atom stereocenters. The maximum atomic E-state index is 13.3. The predicted molar refractivity (Wildman–Crippen MR) is 87.5 cm³/mol. The smallest absolute Gasteiger partial charge is 0.417 e. The van der Waals surface area contributed by atoms with Crippen LogP contribution in [0, 0.1) is 6.92 Å². The molecule has 2 N–H and O–H groups in total. The summed E-state index contributed by atoms with van der Waals surface area (Å²) in [6, 6.07) is 11.0. The second-order valence-corrected chi connectivity index (χ2v) is 5.47. The molecule has 0 fully saturated rings. The van der Waals surface area contributed by atoms with Crippen LogP contribution in [0.25, 0.3) is 10.9 Å². The van der Waals surface area contributed by atoms with E-state index in [0.717, 1.165) is 6.07 Å². The molecule has 1 heterocycles. The van der Waals surface area contributed by atoms with Gasteiger partial charge in [0.15, 0.2) is 0 Å². The number of aromatic nitrogens is 1. The highest BCUT2D eigenvalue weighted by atomic mass is 19.4.